The summed E-state index contributed by atoms with van der Waals surface area (Å²) in [7, 11) is -3.75. The number of carbonyl (C=O) groups excluding carboxylic acids is 1. The number of halogens is 1. The van der Waals surface area contributed by atoms with Gasteiger partial charge in [0.25, 0.3) is 5.91 Å². The lowest BCUT2D eigenvalue weighted by atomic mass is 9.98. The van der Waals surface area contributed by atoms with E-state index in [9.17, 15) is 17.6 Å². The Morgan fingerprint density at radius 2 is 1.80 bits per heavy atom. The van der Waals surface area contributed by atoms with Gasteiger partial charge in [-0.05, 0) is 37.1 Å². The highest BCUT2D eigenvalue weighted by molar-refractivity contribution is 7.89. The maximum Gasteiger partial charge on any atom is 0.251 e. The Kier molecular flexibility index (Phi) is 6.35. The van der Waals surface area contributed by atoms with Crippen LogP contribution in [0, 0.1) is 24.1 Å². The summed E-state index contributed by atoms with van der Waals surface area (Å²) in [6.45, 7) is 1.54. The lowest BCUT2D eigenvalue weighted by molar-refractivity contribution is -0.122. The van der Waals surface area contributed by atoms with E-state index in [0.717, 1.165) is 22.3 Å². The number of terminal acetylenes is 1. The number of benzene rings is 2. The first-order valence-corrected chi connectivity index (χ1v) is 13.3. The van der Waals surface area contributed by atoms with Crippen LogP contribution < -0.4 is 14.3 Å². The predicted molar refractivity (Wildman–Crippen MR) is 128 cm³/mol. The molecule has 182 valence electrons. The van der Waals surface area contributed by atoms with Gasteiger partial charge in [0.15, 0.2) is 16.3 Å². The van der Waals surface area contributed by atoms with E-state index in [4.69, 9.17) is 15.9 Å². The molecule has 0 N–H and O–H groups in total. The quantitative estimate of drug-likeness (QED) is 0.499. The molecule has 0 saturated carbocycles. The maximum absolute atomic E-state index is 13.2. The second kappa shape index (κ2) is 9.45. The molecule has 1 aromatic heterocycles. The van der Waals surface area contributed by atoms with Crippen molar-refractivity contribution in [1.29, 1.82) is 0 Å². The van der Waals surface area contributed by atoms with Gasteiger partial charge in [0, 0.05) is 31.1 Å². The van der Waals surface area contributed by atoms with Gasteiger partial charge in [-0.2, -0.15) is 9.30 Å². The van der Waals surface area contributed by atoms with E-state index in [-0.39, 0.29) is 30.4 Å². The Morgan fingerprint density at radius 3 is 2.46 bits per heavy atom. The van der Waals surface area contributed by atoms with Crippen molar-refractivity contribution in [3.63, 3.8) is 0 Å². The minimum Gasteiger partial charge on any atom is -0.486 e. The van der Waals surface area contributed by atoms with E-state index >= 15 is 0 Å². The molecule has 0 radical (unpaired) electrons. The van der Waals surface area contributed by atoms with Gasteiger partial charge in [0.1, 0.15) is 19.0 Å². The van der Waals surface area contributed by atoms with Gasteiger partial charge >= 0.3 is 0 Å². The number of hydrogen-bond acceptors (Lipinski definition) is 6. The number of carbonyl (C=O) groups is 1. The van der Waals surface area contributed by atoms with Crippen LogP contribution in [0.5, 0.6) is 11.5 Å². The summed E-state index contributed by atoms with van der Waals surface area (Å²) < 4.78 is 54.2. The number of amides is 1. The van der Waals surface area contributed by atoms with E-state index in [0.29, 0.717) is 42.4 Å². The SMILES string of the molecule is C#CCn1c(=NC(=O)C2CCN(S(=O)(=O)c3ccc(F)cc3)CC2)sc2cc3c(cc21)OCCO3. The van der Waals surface area contributed by atoms with Crippen molar-refractivity contribution in [2.45, 2.75) is 24.3 Å². The topological polar surface area (TPSA) is 90.2 Å². The van der Waals surface area contributed by atoms with Crippen molar-refractivity contribution >= 4 is 37.5 Å². The third kappa shape index (κ3) is 4.57. The maximum atomic E-state index is 13.2. The molecule has 8 nitrogen and oxygen atoms in total. The predicted octanol–water partition coefficient (Wildman–Crippen LogP) is 2.77. The van der Waals surface area contributed by atoms with Gasteiger partial charge < -0.3 is 14.0 Å². The highest BCUT2D eigenvalue weighted by Gasteiger charge is 2.32. The van der Waals surface area contributed by atoms with Crippen molar-refractivity contribution < 1.29 is 27.1 Å². The van der Waals surface area contributed by atoms with Gasteiger partial charge in [-0.1, -0.05) is 17.3 Å². The first kappa shape index (κ1) is 23.5. The lowest BCUT2D eigenvalue weighted by Crippen LogP contribution is -2.40. The summed E-state index contributed by atoms with van der Waals surface area (Å²) in [4.78, 5) is 17.9. The molecule has 1 amide bonds. The highest BCUT2D eigenvalue weighted by Crippen LogP contribution is 2.35. The molecule has 1 fully saturated rings. The largest absolute Gasteiger partial charge is 0.486 e. The number of hydrogen-bond donors (Lipinski definition) is 0. The molecule has 35 heavy (non-hydrogen) atoms. The van der Waals surface area contributed by atoms with Crippen LogP contribution >= 0.6 is 11.3 Å². The van der Waals surface area contributed by atoms with Crippen LogP contribution in [0.1, 0.15) is 12.8 Å². The van der Waals surface area contributed by atoms with Gasteiger partial charge in [-0.25, -0.2) is 12.8 Å². The number of piperidine rings is 1. The first-order valence-electron chi connectivity index (χ1n) is 11.1. The molecular formula is C24H22FN3O5S2. The van der Waals surface area contributed by atoms with Gasteiger partial charge in [0.2, 0.25) is 10.0 Å². The summed E-state index contributed by atoms with van der Waals surface area (Å²) in [5.41, 5.74) is 0.809. The van der Waals surface area contributed by atoms with Gasteiger partial charge in [-0.3, -0.25) is 4.79 Å². The van der Waals surface area contributed by atoms with Crippen LogP contribution in [0.15, 0.2) is 46.3 Å². The van der Waals surface area contributed by atoms with Gasteiger partial charge in [0.05, 0.1) is 21.7 Å². The van der Waals surface area contributed by atoms with E-state index in [2.05, 4.69) is 10.9 Å². The monoisotopic (exact) mass is 515 g/mol. The fourth-order valence-corrected chi connectivity index (χ4v) is 6.73. The smallest absolute Gasteiger partial charge is 0.251 e. The van der Waals surface area contributed by atoms with Crippen molar-refractivity contribution in [2.24, 2.45) is 10.9 Å². The third-order valence-electron chi connectivity index (χ3n) is 6.06. The molecule has 3 aromatic rings. The van der Waals surface area contributed by atoms with Crippen LogP contribution in [-0.2, 0) is 21.4 Å². The summed E-state index contributed by atoms with van der Waals surface area (Å²) in [6, 6.07) is 8.44. The molecule has 3 heterocycles. The fourth-order valence-electron chi connectivity index (χ4n) is 4.22. The Morgan fingerprint density at radius 1 is 1.14 bits per heavy atom. The minimum atomic E-state index is -3.75. The van der Waals surface area contributed by atoms with E-state index < -0.39 is 21.8 Å². The molecule has 2 aliphatic rings. The molecule has 0 aliphatic carbocycles. The minimum absolute atomic E-state index is 0.0321. The molecule has 2 aromatic carbocycles. The fraction of sp³-hybridized carbons (Fsp3) is 0.333. The molecule has 0 spiro atoms. The zero-order valence-corrected chi connectivity index (χ0v) is 20.3. The first-order chi connectivity index (χ1) is 16.9. The molecular weight excluding hydrogens is 493 g/mol. The molecule has 2 aliphatic heterocycles. The lowest BCUT2D eigenvalue weighted by Gasteiger charge is -2.29. The van der Waals surface area contributed by atoms with Crippen LogP contribution in [0.4, 0.5) is 4.39 Å². The van der Waals surface area contributed by atoms with Crippen LogP contribution in [0.2, 0.25) is 0 Å². The molecule has 11 heteroatoms. The number of nitrogens with zero attached hydrogens (tertiary/aromatic N) is 3. The van der Waals surface area contributed by atoms with Crippen molar-refractivity contribution in [1.82, 2.24) is 8.87 Å². The molecule has 0 atom stereocenters. The number of ether oxygens (including phenoxy) is 2. The van der Waals surface area contributed by atoms with Gasteiger partial charge in [-0.15, -0.1) is 6.42 Å². The zero-order chi connectivity index (χ0) is 24.6. The Hall–Kier alpha value is -3.20. The molecule has 1 saturated heterocycles. The second-order valence-corrected chi connectivity index (χ2v) is 11.2. The average Bonchev–Trinajstić information content (AvgIpc) is 3.18. The molecule has 5 rings (SSSR count). The number of rotatable bonds is 4. The van der Waals surface area contributed by atoms with E-state index in [1.807, 2.05) is 12.1 Å². The Labute approximate surface area is 205 Å². The van der Waals surface area contributed by atoms with Crippen molar-refractivity contribution in [2.75, 3.05) is 26.3 Å². The molecule has 0 bridgehead atoms. The Bertz CT molecular complexity index is 1490. The summed E-state index contributed by atoms with van der Waals surface area (Å²) >= 11 is 1.34. The average molecular weight is 516 g/mol. The standard InChI is InChI=1S/C24H22FN3O5S2/c1-2-9-28-19-14-20-21(33-13-12-32-20)15-22(19)34-24(28)26-23(29)16-7-10-27(11-8-16)35(30,31)18-5-3-17(25)4-6-18/h1,3-6,14-16H,7-13H2. The van der Waals surface area contributed by atoms with Crippen LogP contribution in [0.3, 0.4) is 0 Å². The Balaban J connectivity index is 1.37. The summed E-state index contributed by atoms with van der Waals surface area (Å²) in [5, 5.41) is 0. The summed E-state index contributed by atoms with van der Waals surface area (Å²) in [6.07, 6.45) is 6.26. The van der Waals surface area contributed by atoms with E-state index in [1.54, 1.807) is 4.57 Å². The number of aromatic nitrogens is 1. The highest BCUT2D eigenvalue weighted by atomic mass is 32.2. The number of sulfonamides is 1. The normalized spacial score (nSPS) is 17.4. The van der Waals surface area contributed by atoms with Crippen LogP contribution in [-0.4, -0.2) is 49.5 Å². The third-order valence-corrected chi connectivity index (χ3v) is 9.01. The van der Waals surface area contributed by atoms with Crippen LogP contribution in [0.25, 0.3) is 10.2 Å². The summed E-state index contributed by atoms with van der Waals surface area (Å²) in [5.74, 6) is 2.66. The second-order valence-electron chi connectivity index (χ2n) is 8.22. The van der Waals surface area contributed by atoms with Crippen molar-refractivity contribution in [3.8, 4) is 23.8 Å². The number of fused-ring (bicyclic) bond motifs is 2. The molecule has 0 unspecified atom stereocenters. The van der Waals surface area contributed by atoms with Crippen molar-refractivity contribution in [3.05, 3.63) is 47.0 Å². The zero-order valence-electron chi connectivity index (χ0n) is 18.6. The number of thiazole rings is 1. The van der Waals surface area contributed by atoms with E-state index in [1.165, 1.54) is 27.8 Å².